The molecule has 4 heteroatoms. The Hall–Kier alpha value is -1.74. The Morgan fingerprint density at radius 3 is 3.00 bits per heavy atom. The molecule has 0 atom stereocenters. The maximum atomic E-state index is 6.03. The molecule has 1 aromatic carbocycles. The molecule has 1 aliphatic heterocycles. The number of nitrogens with zero attached hydrogens (tertiary/aromatic N) is 1. The number of pyridine rings is 1. The van der Waals surface area contributed by atoms with Crippen molar-refractivity contribution >= 4 is 17.3 Å². The average molecular weight is 289 g/mol. The topological polar surface area (TPSA) is 34.2 Å². The van der Waals surface area contributed by atoms with Gasteiger partial charge in [-0.3, -0.25) is 0 Å². The third-order valence-corrected chi connectivity index (χ3v) is 3.67. The van der Waals surface area contributed by atoms with Gasteiger partial charge in [0.25, 0.3) is 0 Å². The van der Waals surface area contributed by atoms with Gasteiger partial charge >= 0.3 is 0 Å². The minimum absolute atomic E-state index is 0.0962. The molecule has 0 unspecified atom stereocenters. The number of halogens is 1. The van der Waals surface area contributed by atoms with E-state index < -0.39 is 0 Å². The van der Waals surface area contributed by atoms with E-state index in [0.717, 1.165) is 24.4 Å². The molecule has 0 radical (unpaired) electrons. The van der Waals surface area contributed by atoms with Crippen molar-refractivity contribution in [3.8, 4) is 5.75 Å². The van der Waals surface area contributed by atoms with Crippen LogP contribution in [0.3, 0.4) is 0 Å². The van der Waals surface area contributed by atoms with E-state index in [1.165, 1.54) is 11.1 Å². The second-order valence-corrected chi connectivity index (χ2v) is 6.03. The van der Waals surface area contributed by atoms with Crippen molar-refractivity contribution in [3.05, 3.63) is 52.8 Å². The van der Waals surface area contributed by atoms with Gasteiger partial charge in [0.15, 0.2) is 5.15 Å². The lowest BCUT2D eigenvalue weighted by atomic mass is 10.0. The van der Waals surface area contributed by atoms with Crippen LogP contribution in [0.25, 0.3) is 0 Å². The summed E-state index contributed by atoms with van der Waals surface area (Å²) in [5, 5.41) is 3.80. The van der Waals surface area contributed by atoms with Crippen molar-refractivity contribution < 1.29 is 4.74 Å². The molecule has 0 aliphatic carbocycles. The first-order chi connectivity index (χ1) is 9.53. The fraction of sp³-hybridized carbons (Fsp3) is 0.312. The minimum atomic E-state index is -0.0962. The summed E-state index contributed by atoms with van der Waals surface area (Å²) in [6, 6.07) is 10.1. The molecule has 3 nitrogen and oxygen atoms in total. The monoisotopic (exact) mass is 288 g/mol. The van der Waals surface area contributed by atoms with Crippen LogP contribution in [-0.4, -0.2) is 10.6 Å². The van der Waals surface area contributed by atoms with E-state index in [1.807, 2.05) is 18.2 Å². The Morgan fingerprint density at radius 2 is 2.20 bits per heavy atom. The van der Waals surface area contributed by atoms with Crippen LogP contribution in [-0.2, 0) is 13.0 Å². The molecular weight excluding hydrogens is 272 g/mol. The summed E-state index contributed by atoms with van der Waals surface area (Å²) >= 11 is 6.03. The van der Waals surface area contributed by atoms with Gasteiger partial charge in [-0.15, -0.1) is 0 Å². The molecule has 0 spiro atoms. The minimum Gasteiger partial charge on any atom is -0.487 e. The van der Waals surface area contributed by atoms with E-state index in [2.05, 4.69) is 36.3 Å². The lowest BCUT2D eigenvalue weighted by Gasteiger charge is -2.16. The van der Waals surface area contributed by atoms with E-state index in [0.29, 0.717) is 5.15 Å². The van der Waals surface area contributed by atoms with Crippen LogP contribution in [0.1, 0.15) is 25.0 Å². The Kier molecular flexibility index (Phi) is 3.30. The fourth-order valence-corrected chi connectivity index (χ4v) is 2.67. The summed E-state index contributed by atoms with van der Waals surface area (Å²) in [5.74, 6) is 0.998. The van der Waals surface area contributed by atoms with Crippen molar-refractivity contribution in [2.24, 2.45) is 0 Å². The van der Waals surface area contributed by atoms with Crippen molar-refractivity contribution in [2.45, 2.75) is 32.4 Å². The number of rotatable bonds is 3. The number of anilines is 1. The first-order valence-electron chi connectivity index (χ1n) is 6.69. The number of fused-ring (bicyclic) bond motifs is 1. The zero-order valence-electron chi connectivity index (χ0n) is 11.6. The van der Waals surface area contributed by atoms with Crippen LogP contribution in [0.4, 0.5) is 5.69 Å². The molecule has 3 rings (SSSR count). The SMILES string of the molecule is CC1(C)Cc2cc(CNc3cccnc3Cl)ccc2O1. The van der Waals surface area contributed by atoms with Crippen LogP contribution in [0.15, 0.2) is 36.5 Å². The number of aromatic nitrogens is 1. The molecule has 0 saturated heterocycles. The van der Waals surface area contributed by atoms with Crippen LogP contribution >= 0.6 is 11.6 Å². The molecule has 0 saturated carbocycles. The third kappa shape index (κ3) is 2.73. The van der Waals surface area contributed by atoms with E-state index in [9.17, 15) is 0 Å². The van der Waals surface area contributed by atoms with Gasteiger partial charge < -0.3 is 10.1 Å². The highest BCUT2D eigenvalue weighted by Crippen LogP contribution is 2.35. The highest BCUT2D eigenvalue weighted by atomic mass is 35.5. The van der Waals surface area contributed by atoms with Gasteiger partial charge in [-0.1, -0.05) is 23.7 Å². The largest absolute Gasteiger partial charge is 0.487 e. The number of hydrogen-bond acceptors (Lipinski definition) is 3. The zero-order valence-corrected chi connectivity index (χ0v) is 12.4. The van der Waals surface area contributed by atoms with E-state index in [-0.39, 0.29) is 5.60 Å². The number of hydrogen-bond donors (Lipinski definition) is 1. The van der Waals surface area contributed by atoms with Crippen molar-refractivity contribution in [3.63, 3.8) is 0 Å². The smallest absolute Gasteiger partial charge is 0.152 e. The summed E-state index contributed by atoms with van der Waals surface area (Å²) in [6.07, 6.45) is 2.63. The van der Waals surface area contributed by atoms with Gasteiger partial charge in [0.2, 0.25) is 0 Å². The number of nitrogens with one attached hydrogen (secondary N) is 1. The number of ether oxygens (including phenoxy) is 1. The predicted octanol–water partition coefficient (Wildman–Crippen LogP) is 4.06. The normalized spacial score (nSPS) is 15.6. The van der Waals surface area contributed by atoms with Crippen molar-refractivity contribution in [1.82, 2.24) is 4.98 Å². The molecule has 2 aromatic rings. The molecule has 20 heavy (non-hydrogen) atoms. The quantitative estimate of drug-likeness (QED) is 0.865. The molecule has 0 bridgehead atoms. The average Bonchev–Trinajstić information content (AvgIpc) is 2.71. The first-order valence-corrected chi connectivity index (χ1v) is 7.06. The van der Waals surface area contributed by atoms with Gasteiger partial charge in [-0.25, -0.2) is 4.98 Å². The molecule has 1 aliphatic rings. The van der Waals surface area contributed by atoms with Crippen LogP contribution in [0.5, 0.6) is 5.75 Å². The summed E-state index contributed by atoms with van der Waals surface area (Å²) in [6.45, 7) is 4.94. The van der Waals surface area contributed by atoms with Gasteiger partial charge in [0.05, 0.1) is 5.69 Å². The predicted molar refractivity (Wildman–Crippen MR) is 81.4 cm³/mol. The van der Waals surface area contributed by atoms with Crippen LogP contribution in [0.2, 0.25) is 5.15 Å². The second-order valence-electron chi connectivity index (χ2n) is 5.68. The second kappa shape index (κ2) is 4.98. The molecule has 0 fully saturated rings. The third-order valence-electron chi connectivity index (χ3n) is 3.37. The lowest BCUT2D eigenvalue weighted by Crippen LogP contribution is -2.24. The summed E-state index contributed by atoms with van der Waals surface area (Å²) in [7, 11) is 0. The summed E-state index contributed by atoms with van der Waals surface area (Å²) in [5.41, 5.74) is 3.24. The molecule has 104 valence electrons. The van der Waals surface area contributed by atoms with Gasteiger partial charge in [0.1, 0.15) is 11.4 Å². The Balaban J connectivity index is 1.73. The van der Waals surface area contributed by atoms with E-state index in [4.69, 9.17) is 16.3 Å². The van der Waals surface area contributed by atoms with Crippen LogP contribution < -0.4 is 10.1 Å². The van der Waals surface area contributed by atoms with Crippen molar-refractivity contribution in [1.29, 1.82) is 0 Å². The molecule has 1 aromatic heterocycles. The zero-order chi connectivity index (χ0) is 14.2. The lowest BCUT2D eigenvalue weighted by molar-refractivity contribution is 0.138. The standard InChI is InChI=1S/C16H17ClN2O/c1-16(2)9-12-8-11(5-6-14(12)20-16)10-19-13-4-3-7-18-15(13)17/h3-8,19H,9-10H2,1-2H3. The molecule has 0 amide bonds. The molecular formula is C16H17ClN2O. The Morgan fingerprint density at radius 1 is 1.35 bits per heavy atom. The van der Waals surface area contributed by atoms with Crippen LogP contribution in [0, 0.1) is 0 Å². The highest BCUT2D eigenvalue weighted by Gasteiger charge is 2.29. The Labute approximate surface area is 123 Å². The Bertz CT molecular complexity index is 640. The number of benzene rings is 1. The summed E-state index contributed by atoms with van der Waals surface area (Å²) in [4.78, 5) is 4.05. The maximum Gasteiger partial charge on any atom is 0.152 e. The molecule has 2 heterocycles. The fourth-order valence-electron chi connectivity index (χ4n) is 2.49. The van der Waals surface area contributed by atoms with E-state index in [1.54, 1.807) is 6.20 Å². The van der Waals surface area contributed by atoms with Crippen molar-refractivity contribution in [2.75, 3.05) is 5.32 Å². The van der Waals surface area contributed by atoms with E-state index >= 15 is 0 Å². The van der Waals surface area contributed by atoms with Gasteiger partial charge in [-0.2, -0.15) is 0 Å². The highest BCUT2D eigenvalue weighted by molar-refractivity contribution is 6.31. The van der Waals surface area contributed by atoms with Gasteiger partial charge in [0, 0.05) is 19.2 Å². The first kappa shape index (κ1) is 13.3. The summed E-state index contributed by atoms with van der Waals surface area (Å²) < 4.78 is 5.88. The molecule has 1 N–H and O–H groups in total. The van der Waals surface area contributed by atoms with Gasteiger partial charge in [-0.05, 0) is 43.2 Å². The maximum absolute atomic E-state index is 6.03.